The van der Waals surface area contributed by atoms with E-state index in [9.17, 15) is 0 Å². The van der Waals surface area contributed by atoms with Gasteiger partial charge in [0.1, 0.15) is 11.2 Å². The lowest BCUT2D eigenvalue weighted by molar-refractivity contribution is 0.669. The number of aromatic nitrogens is 4. The lowest BCUT2D eigenvalue weighted by Gasteiger charge is -2.11. The first-order valence-electron chi connectivity index (χ1n) is 21.6. The Morgan fingerprint density at radius 2 is 0.812 bits per heavy atom. The van der Waals surface area contributed by atoms with Crippen LogP contribution in [0.1, 0.15) is 0 Å². The second-order valence-electron chi connectivity index (χ2n) is 16.4. The fourth-order valence-corrected chi connectivity index (χ4v) is 9.54. The molecule has 0 bridgehead atoms. The quantitative estimate of drug-likeness (QED) is 0.157. The van der Waals surface area contributed by atoms with Gasteiger partial charge in [-0.3, -0.25) is 0 Å². The highest BCUT2D eigenvalue weighted by Crippen LogP contribution is 2.41. The summed E-state index contributed by atoms with van der Waals surface area (Å²) < 4.78 is 8.89. The Balaban J connectivity index is 0.937. The third-order valence-corrected chi connectivity index (χ3v) is 12.6. The largest absolute Gasteiger partial charge is 0.456 e. The predicted molar refractivity (Wildman–Crippen MR) is 264 cm³/mol. The van der Waals surface area contributed by atoms with Gasteiger partial charge >= 0.3 is 0 Å². The summed E-state index contributed by atoms with van der Waals surface area (Å²) in [5.41, 5.74) is 12.5. The molecule has 0 aliphatic carbocycles. The Morgan fingerprint density at radius 3 is 1.47 bits per heavy atom. The Hall–Kier alpha value is -8.67. The summed E-state index contributed by atoms with van der Waals surface area (Å²) >= 11 is 0. The molecule has 0 spiro atoms. The fourth-order valence-electron chi connectivity index (χ4n) is 9.54. The minimum atomic E-state index is 0.598. The number of hydrogen-bond acceptors (Lipinski definition) is 4. The zero-order valence-electron chi connectivity index (χ0n) is 34.5. The molecule has 64 heavy (non-hydrogen) atoms. The van der Waals surface area contributed by atoms with E-state index in [1.165, 1.54) is 54.5 Å². The molecule has 0 atom stereocenters. The van der Waals surface area contributed by atoms with Gasteiger partial charge in [-0.25, -0.2) is 15.0 Å². The fraction of sp³-hybridized carbons (Fsp3) is 0. The number of fused-ring (bicyclic) bond motifs is 9. The Labute approximate surface area is 368 Å². The summed E-state index contributed by atoms with van der Waals surface area (Å²) in [6.07, 6.45) is 0. The summed E-state index contributed by atoms with van der Waals surface area (Å²) in [6.45, 7) is 0. The number of rotatable bonds is 6. The molecule has 5 nitrogen and oxygen atoms in total. The van der Waals surface area contributed by atoms with Crippen LogP contribution in [0.4, 0.5) is 0 Å². The zero-order valence-corrected chi connectivity index (χ0v) is 34.5. The van der Waals surface area contributed by atoms with E-state index in [-0.39, 0.29) is 0 Å². The predicted octanol–water partition coefficient (Wildman–Crippen LogP) is 15.5. The van der Waals surface area contributed by atoms with Crippen LogP contribution in [0.25, 0.3) is 127 Å². The van der Waals surface area contributed by atoms with E-state index < -0.39 is 0 Å². The monoisotopic (exact) mass is 816 g/mol. The van der Waals surface area contributed by atoms with Crippen molar-refractivity contribution in [1.29, 1.82) is 0 Å². The third-order valence-electron chi connectivity index (χ3n) is 12.6. The van der Waals surface area contributed by atoms with Gasteiger partial charge in [-0.15, -0.1) is 0 Å². The molecule has 0 saturated carbocycles. The van der Waals surface area contributed by atoms with Gasteiger partial charge in [0.05, 0.1) is 11.0 Å². The first-order valence-corrected chi connectivity index (χ1v) is 21.6. The van der Waals surface area contributed by atoms with Crippen molar-refractivity contribution in [2.75, 3.05) is 0 Å². The number of hydrogen-bond donors (Lipinski definition) is 0. The molecule has 0 radical (unpaired) electrons. The van der Waals surface area contributed by atoms with Crippen molar-refractivity contribution in [2.24, 2.45) is 0 Å². The Bertz CT molecular complexity index is 3890. The summed E-state index contributed by atoms with van der Waals surface area (Å²) in [4.78, 5) is 15.1. The molecule has 3 heterocycles. The van der Waals surface area contributed by atoms with Crippen molar-refractivity contribution in [2.45, 2.75) is 0 Å². The van der Waals surface area contributed by atoms with Crippen molar-refractivity contribution in [3.05, 3.63) is 218 Å². The van der Waals surface area contributed by atoms with Crippen LogP contribution in [0.15, 0.2) is 223 Å². The van der Waals surface area contributed by atoms with Crippen LogP contribution in [0.2, 0.25) is 0 Å². The van der Waals surface area contributed by atoms with Crippen molar-refractivity contribution >= 4 is 65.3 Å². The van der Waals surface area contributed by atoms with Crippen LogP contribution in [0, 0.1) is 0 Å². The normalized spacial score (nSPS) is 11.8. The van der Waals surface area contributed by atoms with E-state index in [2.05, 4.69) is 150 Å². The minimum Gasteiger partial charge on any atom is -0.456 e. The maximum atomic E-state index is 6.52. The van der Waals surface area contributed by atoms with Crippen LogP contribution in [-0.4, -0.2) is 19.5 Å². The van der Waals surface area contributed by atoms with Crippen molar-refractivity contribution in [3.8, 4) is 62.1 Å². The topological polar surface area (TPSA) is 56.7 Å². The van der Waals surface area contributed by atoms with Crippen LogP contribution >= 0.6 is 0 Å². The van der Waals surface area contributed by atoms with Crippen LogP contribution in [0.5, 0.6) is 0 Å². The van der Waals surface area contributed by atoms with Crippen LogP contribution in [-0.2, 0) is 0 Å². The minimum absolute atomic E-state index is 0.598. The molecule has 0 N–H and O–H groups in total. The maximum Gasteiger partial charge on any atom is 0.164 e. The molecule has 13 rings (SSSR count). The number of furan rings is 1. The molecule has 0 aliphatic heterocycles. The highest BCUT2D eigenvalue weighted by atomic mass is 16.3. The second-order valence-corrected chi connectivity index (χ2v) is 16.4. The smallest absolute Gasteiger partial charge is 0.164 e. The van der Waals surface area contributed by atoms with Gasteiger partial charge in [0, 0.05) is 43.9 Å². The van der Waals surface area contributed by atoms with Gasteiger partial charge in [0.25, 0.3) is 0 Å². The first-order chi connectivity index (χ1) is 31.7. The molecule has 0 fully saturated rings. The van der Waals surface area contributed by atoms with Crippen molar-refractivity contribution < 1.29 is 4.42 Å². The van der Waals surface area contributed by atoms with E-state index in [4.69, 9.17) is 19.4 Å². The summed E-state index contributed by atoms with van der Waals surface area (Å²) in [6, 6.07) is 77.2. The highest BCUT2D eigenvalue weighted by molar-refractivity contribution is 6.15. The molecule has 298 valence electrons. The number of nitrogens with zero attached hydrogens (tertiary/aromatic N) is 4. The average molecular weight is 817 g/mol. The summed E-state index contributed by atoms with van der Waals surface area (Å²) in [5.74, 6) is 1.84. The Morgan fingerprint density at radius 1 is 0.312 bits per heavy atom. The maximum absolute atomic E-state index is 6.52. The first kappa shape index (κ1) is 36.0. The molecule has 3 aromatic heterocycles. The zero-order chi connectivity index (χ0) is 42.1. The summed E-state index contributed by atoms with van der Waals surface area (Å²) in [5, 5.41) is 9.31. The van der Waals surface area contributed by atoms with Gasteiger partial charge in [-0.05, 0) is 104 Å². The molecular weight excluding hydrogens is 781 g/mol. The van der Waals surface area contributed by atoms with Crippen LogP contribution in [0.3, 0.4) is 0 Å². The second kappa shape index (κ2) is 14.5. The molecule has 13 aromatic rings. The molecular formula is C59H36N4O. The van der Waals surface area contributed by atoms with Gasteiger partial charge < -0.3 is 8.98 Å². The van der Waals surface area contributed by atoms with Gasteiger partial charge in [-0.2, -0.15) is 0 Å². The van der Waals surface area contributed by atoms with Gasteiger partial charge in [0.15, 0.2) is 17.5 Å². The molecule has 0 amide bonds. The Kier molecular flexibility index (Phi) is 8.15. The molecule has 5 heteroatoms. The SMILES string of the molecule is c1ccc(-c2nc(-c3ccccc3)nc(-c3cccc4oc5ccc(-c6ccc7ccc8ccc(-c9ccc%10c(c9)c9ccccc9n%10-c9ccccc9)cc8c7c6)cc5c34)n2)cc1. The van der Waals surface area contributed by atoms with E-state index in [0.29, 0.717) is 17.5 Å². The van der Waals surface area contributed by atoms with Crippen LogP contribution < -0.4 is 0 Å². The standard InChI is InChI=1S/C59H36N4O/c1-4-13-39(14-5-1)57-60-58(40-15-6-2-7-16-40)62-59(61-57)47-20-12-22-55-56(47)51-36-44(30-32-54(51)64-55)42-28-26-38-24-23-37-25-27-41(33-48(37)49(38)34-42)43-29-31-53-50(35-43)46-19-10-11-21-52(46)63(53)45-17-8-3-9-18-45/h1-36H. The van der Waals surface area contributed by atoms with E-state index >= 15 is 0 Å². The lowest BCUT2D eigenvalue weighted by atomic mass is 9.94. The summed E-state index contributed by atoms with van der Waals surface area (Å²) in [7, 11) is 0. The van der Waals surface area contributed by atoms with Crippen molar-refractivity contribution in [1.82, 2.24) is 19.5 Å². The van der Waals surface area contributed by atoms with E-state index in [1.54, 1.807) is 0 Å². The molecule has 0 saturated heterocycles. The molecule has 0 aliphatic rings. The number of para-hydroxylation sites is 2. The van der Waals surface area contributed by atoms with Gasteiger partial charge in [-0.1, -0.05) is 158 Å². The average Bonchev–Trinajstić information content (AvgIpc) is 3.92. The van der Waals surface area contributed by atoms with Crippen molar-refractivity contribution in [3.63, 3.8) is 0 Å². The van der Waals surface area contributed by atoms with E-state index in [1.807, 2.05) is 72.8 Å². The van der Waals surface area contributed by atoms with E-state index in [0.717, 1.165) is 55.4 Å². The molecule has 0 unspecified atom stereocenters. The molecule has 10 aromatic carbocycles. The lowest BCUT2D eigenvalue weighted by Crippen LogP contribution is -2.00. The van der Waals surface area contributed by atoms with Gasteiger partial charge in [0.2, 0.25) is 0 Å². The highest BCUT2D eigenvalue weighted by Gasteiger charge is 2.19. The third kappa shape index (κ3) is 5.90. The number of benzene rings is 10.